The maximum Gasteiger partial charge on any atom is 0.274 e. The van der Waals surface area contributed by atoms with E-state index in [4.69, 9.17) is 9.47 Å². The molecule has 0 atom stereocenters. The normalized spacial score (nSPS) is 13.5. The van der Waals surface area contributed by atoms with Crippen LogP contribution in [-0.4, -0.2) is 37.4 Å². The number of hydrogen-bond donors (Lipinski definition) is 0. The van der Waals surface area contributed by atoms with Crippen molar-refractivity contribution >= 4 is 11.6 Å². The molecule has 2 aromatic carbocycles. The summed E-state index contributed by atoms with van der Waals surface area (Å²) >= 11 is 0. The first-order valence-electron chi connectivity index (χ1n) is 8.47. The molecule has 26 heavy (non-hydrogen) atoms. The molecule has 0 radical (unpaired) electrons. The molecule has 136 valence electrons. The molecule has 0 aliphatic carbocycles. The van der Waals surface area contributed by atoms with E-state index in [-0.39, 0.29) is 11.7 Å². The summed E-state index contributed by atoms with van der Waals surface area (Å²) in [6.07, 6.45) is 1.21. The monoisotopic (exact) mass is 356 g/mol. The van der Waals surface area contributed by atoms with Crippen molar-refractivity contribution in [3.05, 3.63) is 58.9 Å². The Labute approximate surface area is 152 Å². The molecule has 1 aliphatic heterocycles. The zero-order chi connectivity index (χ0) is 18.7. The van der Waals surface area contributed by atoms with Crippen molar-refractivity contribution in [1.29, 1.82) is 0 Å². The first-order valence-corrected chi connectivity index (χ1v) is 8.47. The van der Waals surface area contributed by atoms with Gasteiger partial charge in [-0.3, -0.25) is 4.79 Å². The lowest BCUT2D eigenvalue weighted by Gasteiger charge is -2.12. The number of ether oxygens (including phenoxy) is 2. The van der Waals surface area contributed by atoms with E-state index in [0.29, 0.717) is 42.0 Å². The van der Waals surface area contributed by atoms with Crippen LogP contribution < -0.4 is 9.47 Å². The van der Waals surface area contributed by atoms with E-state index < -0.39 is 0 Å². The molecule has 2 aromatic rings. The fourth-order valence-electron chi connectivity index (χ4n) is 2.94. The zero-order valence-corrected chi connectivity index (χ0v) is 15.1. The molecule has 0 fully saturated rings. The molecule has 6 heteroatoms. The minimum Gasteiger partial charge on any atom is -0.493 e. The highest BCUT2D eigenvalue weighted by atomic mass is 19.1. The van der Waals surface area contributed by atoms with E-state index in [9.17, 15) is 9.18 Å². The molecule has 0 saturated carbocycles. The molecular weight excluding hydrogens is 335 g/mol. The highest BCUT2D eigenvalue weighted by molar-refractivity contribution is 6.04. The number of hydrogen-bond acceptors (Lipinski definition) is 4. The van der Waals surface area contributed by atoms with Crippen molar-refractivity contribution < 1.29 is 18.7 Å². The van der Waals surface area contributed by atoms with Gasteiger partial charge in [-0.15, -0.1) is 0 Å². The average molecular weight is 356 g/mol. The Morgan fingerprint density at radius 3 is 2.58 bits per heavy atom. The van der Waals surface area contributed by atoms with Crippen LogP contribution in [0.4, 0.5) is 4.39 Å². The number of amides is 1. The summed E-state index contributed by atoms with van der Waals surface area (Å²) in [4.78, 5) is 12.6. The number of rotatable bonds is 5. The number of nitrogens with zero attached hydrogens (tertiary/aromatic N) is 2. The van der Waals surface area contributed by atoms with E-state index in [2.05, 4.69) is 5.10 Å². The number of hydrazone groups is 1. The predicted octanol–water partition coefficient (Wildman–Crippen LogP) is 3.66. The summed E-state index contributed by atoms with van der Waals surface area (Å²) in [6, 6.07) is 10.1. The lowest BCUT2D eigenvalue weighted by molar-refractivity contribution is 0.0778. The molecule has 1 heterocycles. The van der Waals surface area contributed by atoms with Crippen LogP contribution >= 0.6 is 0 Å². The molecule has 0 spiro atoms. The standard InChI is InChI=1S/C20H21FN2O3/c1-4-13-5-6-15(11-16(13)21)20(24)23-10-9-17(22-23)14-7-8-18(25-2)19(12-14)26-3/h5-8,11-12H,4,9-10H2,1-3H3. The number of halogens is 1. The Hall–Kier alpha value is -2.89. The van der Waals surface area contributed by atoms with Gasteiger partial charge in [-0.1, -0.05) is 13.0 Å². The van der Waals surface area contributed by atoms with Crippen LogP contribution in [0.5, 0.6) is 11.5 Å². The highest BCUT2D eigenvalue weighted by Gasteiger charge is 2.24. The Balaban J connectivity index is 1.83. The van der Waals surface area contributed by atoms with Crippen LogP contribution in [0.2, 0.25) is 0 Å². The smallest absolute Gasteiger partial charge is 0.274 e. The maximum absolute atomic E-state index is 14.0. The second-order valence-corrected chi connectivity index (χ2v) is 5.95. The van der Waals surface area contributed by atoms with Gasteiger partial charge < -0.3 is 9.47 Å². The molecule has 3 rings (SSSR count). The van der Waals surface area contributed by atoms with Crippen molar-refractivity contribution in [2.45, 2.75) is 19.8 Å². The summed E-state index contributed by atoms with van der Waals surface area (Å²) in [5.41, 5.74) is 2.55. The third kappa shape index (κ3) is 3.40. The van der Waals surface area contributed by atoms with Crippen LogP contribution in [0.15, 0.2) is 41.5 Å². The summed E-state index contributed by atoms with van der Waals surface area (Å²) < 4.78 is 24.5. The average Bonchev–Trinajstić information content (AvgIpc) is 3.16. The largest absolute Gasteiger partial charge is 0.493 e. The third-order valence-corrected chi connectivity index (χ3v) is 4.43. The minimum atomic E-state index is -0.360. The van der Waals surface area contributed by atoms with E-state index in [0.717, 1.165) is 11.3 Å². The Morgan fingerprint density at radius 1 is 1.15 bits per heavy atom. The van der Waals surface area contributed by atoms with Crippen LogP contribution in [0.3, 0.4) is 0 Å². The van der Waals surface area contributed by atoms with Gasteiger partial charge in [0.2, 0.25) is 0 Å². The van der Waals surface area contributed by atoms with Gasteiger partial charge in [0, 0.05) is 17.5 Å². The van der Waals surface area contributed by atoms with Gasteiger partial charge in [0.1, 0.15) is 5.82 Å². The van der Waals surface area contributed by atoms with Crippen molar-refractivity contribution in [2.24, 2.45) is 5.10 Å². The molecule has 0 bridgehead atoms. The van der Waals surface area contributed by atoms with E-state index in [1.54, 1.807) is 32.4 Å². The van der Waals surface area contributed by atoms with Gasteiger partial charge >= 0.3 is 0 Å². The Morgan fingerprint density at radius 2 is 1.92 bits per heavy atom. The van der Waals surface area contributed by atoms with Gasteiger partial charge in [0.15, 0.2) is 11.5 Å². The molecule has 0 N–H and O–H groups in total. The molecule has 0 unspecified atom stereocenters. The number of methoxy groups -OCH3 is 2. The van der Waals surface area contributed by atoms with Crippen molar-refractivity contribution in [3.8, 4) is 11.5 Å². The lowest BCUT2D eigenvalue weighted by atomic mass is 10.1. The van der Waals surface area contributed by atoms with E-state index in [1.807, 2.05) is 19.1 Å². The summed E-state index contributed by atoms with van der Waals surface area (Å²) in [7, 11) is 3.15. The first kappa shape index (κ1) is 17.9. The summed E-state index contributed by atoms with van der Waals surface area (Å²) in [5, 5.41) is 5.80. The van der Waals surface area contributed by atoms with Crippen LogP contribution in [0, 0.1) is 5.82 Å². The maximum atomic E-state index is 14.0. The van der Waals surface area contributed by atoms with Crippen molar-refractivity contribution in [3.63, 3.8) is 0 Å². The second kappa shape index (κ2) is 7.56. The Bertz CT molecular complexity index is 864. The van der Waals surface area contributed by atoms with Crippen molar-refractivity contribution in [1.82, 2.24) is 5.01 Å². The Kier molecular flexibility index (Phi) is 5.21. The SMILES string of the molecule is CCc1ccc(C(=O)N2CCC(c3ccc(OC)c(OC)c3)=N2)cc1F. The third-order valence-electron chi connectivity index (χ3n) is 4.43. The number of aryl methyl sites for hydroxylation is 1. The minimum absolute atomic E-state index is 0.303. The number of carbonyl (C=O) groups excluding carboxylic acids is 1. The fourth-order valence-corrected chi connectivity index (χ4v) is 2.94. The molecule has 0 aromatic heterocycles. The second-order valence-electron chi connectivity index (χ2n) is 5.95. The number of benzene rings is 2. The first-order chi connectivity index (χ1) is 12.6. The van der Waals surface area contributed by atoms with Gasteiger partial charge in [0.25, 0.3) is 5.91 Å². The molecular formula is C20H21FN2O3. The fraction of sp³-hybridized carbons (Fsp3) is 0.300. The van der Waals surface area contributed by atoms with Gasteiger partial charge in [-0.2, -0.15) is 5.10 Å². The molecule has 1 amide bonds. The van der Waals surface area contributed by atoms with Crippen molar-refractivity contribution in [2.75, 3.05) is 20.8 Å². The molecule has 1 aliphatic rings. The topological polar surface area (TPSA) is 51.1 Å². The zero-order valence-electron chi connectivity index (χ0n) is 15.1. The molecule has 0 saturated heterocycles. The van der Waals surface area contributed by atoms with Crippen LogP contribution in [-0.2, 0) is 6.42 Å². The van der Waals surface area contributed by atoms with Gasteiger partial charge in [-0.25, -0.2) is 9.40 Å². The van der Waals surface area contributed by atoms with E-state index in [1.165, 1.54) is 11.1 Å². The van der Waals surface area contributed by atoms with Gasteiger partial charge in [0.05, 0.1) is 26.5 Å². The summed E-state index contributed by atoms with van der Waals surface area (Å²) in [6.45, 7) is 2.33. The molecule has 5 nitrogen and oxygen atoms in total. The predicted molar refractivity (Wildman–Crippen MR) is 97.5 cm³/mol. The van der Waals surface area contributed by atoms with Crippen LogP contribution in [0.25, 0.3) is 0 Å². The van der Waals surface area contributed by atoms with Crippen LogP contribution in [0.1, 0.15) is 34.8 Å². The van der Waals surface area contributed by atoms with Gasteiger partial charge in [-0.05, 0) is 42.3 Å². The lowest BCUT2D eigenvalue weighted by Crippen LogP contribution is -2.23. The summed E-state index contributed by atoms with van der Waals surface area (Å²) in [5.74, 6) is 0.577. The quantitative estimate of drug-likeness (QED) is 0.822. The number of carbonyl (C=O) groups is 1. The highest BCUT2D eigenvalue weighted by Crippen LogP contribution is 2.29. The van der Waals surface area contributed by atoms with E-state index >= 15 is 0 Å².